The molecule has 2 heterocycles. The van der Waals surface area contributed by atoms with Crippen LogP contribution in [0.3, 0.4) is 0 Å². The Morgan fingerprint density at radius 3 is 2.85 bits per heavy atom. The summed E-state index contributed by atoms with van der Waals surface area (Å²) >= 11 is 0. The molecule has 2 N–H and O–H groups in total. The van der Waals surface area contributed by atoms with Crippen molar-refractivity contribution in [1.29, 1.82) is 0 Å². The molecular formula is C14H21N5O. The second-order valence-electron chi connectivity index (χ2n) is 5.75. The van der Waals surface area contributed by atoms with Crippen molar-refractivity contribution in [2.75, 3.05) is 13.1 Å². The van der Waals surface area contributed by atoms with Crippen molar-refractivity contribution >= 4 is 11.6 Å². The first-order valence-corrected chi connectivity index (χ1v) is 6.76. The third-order valence-electron chi connectivity index (χ3n) is 2.83. The Morgan fingerprint density at radius 1 is 1.30 bits per heavy atom. The van der Waals surface area contributed by atoms with E-state index in [0.717, 1.165) is 11.5 Å². The number of carbonyl (C=O) groups excluding carboxylic acids is 1. The maximum atomic E-state index is 11.7. The van der Waals surface area contributed by atoms with E-state index in [1.807, 2.05) is 49.6 Å². The first kappa shape index (κ1) is 14.5. The highest BCUT2D eigenvalue weighted by Gasteiger charge is 2.11. The van der Waals surface area contributed by atoms with Gasteiger partial charge in [-0.3, -0.25) is 9.20 Å². The van der Waals surface area contributed by atoms with Gasteiger partial charge >= 0.3 is 0 Å². The van der Waals surface area contributed by atoms with Crippen molar-refractivity contribution in [2.45, 2.75) is 32.7 Å². The number of hydrogen-bond donors (Lipinski definition) is 2. The first-order valence-electron chi connectivity index (χ1n) is 6.76. The third kappa shape index (κ3) is 4.03. The monoisotopic (exact) mass is 275 g/mol. The van der Waals surface area contributed by atoms with Gasteiger partial charge in [-0.1, -0.05) is 6.07 Å². The number of rotatable bonds is 5. The highest BCUT2D eigenvalue weighted by atomic mass is 16.1. The molecule has 0 spiro atoms. The number of hydrogen-bond acceptors (Lipinski definition) is 4. The van der Waals surface area contributed by atoms with Gasteiger partial charge in [0.05, 0.1) is 6.54 Å². The van der Waals surface area contributed by atoms with E-state index < -0.39 is 0 Å². The first-order chi connectivity index (χ1) is 9.46. The molecule has 0 aliphatic carbocycles. The summed E-state index contributed by atoms with van der Waals surface area (Å²) in [5.74, 6) is 0.846. The summed E-state index contributed by atoms with van der Waals surface area (Å²) in [6, 6.07) is 5.77. The average Bonchev–Trinajstić information content (AvgIpc) is 2.79. The van der Waals surface area contributed by atoms with Crippen LogP contribution in [0.2, 0.25) is 0 Å². The molecule has 2 aromatic heterocycles. The minimum absolute atomic E-state index is 0.00579. The Labute approximate surface area is 118 Å². The van der Waals surface area contributed by atoms with Gasteiger partial charge in [0.25, 0.3) is 0 Å². The van der Waals surface area contributed by atoms with Gasteiger partial charge in [0.15, 0.2) is 5.65 Å². The highest BCUT2D eigenvalue weighted by Crippen LogP contribution is 2.02. The standard InChI is InChI=1S/C14H21N5O/c1-14(2,3)16-10-13(20)15-8-7-12-18-17-11-6-4-5-9-19(11)12/h4-6,9,16H,7-8,10H2,1-3H3,(H,15,20). The molecule has 0 aromatic carbocycles. The topological polar surface area (TPSA) is 71.3 Å². The molecule has 0 bridgehead atoms. The molecule has 20 heavy (non-hydrogen) atoms. The van der Waals surface area contributed by atoms with Crippen molar-refractivity contribution in [1.82, 2.24) is 25.2 Å². The van der Waals surface area contributed by atoms with E-state index in [2.05, 4.69) is 20.8 Å². The molecule has 0 fully saturated rings. The van der Waals surface area contributed by atoms with E-state index >= 15 is 0 Å². The van der Waals surface area contributed by atoms with Crippen molar-refractivity contribution < 1.29 is 4.79 Å². The summed E-state index contributed by atoms with van der Waals surface area (Å²) in [6.45, 7) is 6.97. The Hall–Kier alpha value is -1.95. The molecule has 0 saturated carbocycles. The van der Waals surface area contributed by atoms with E-state index in [-0.39, 0.29) is 11.4 Å². The van der Waals surface area contributed by atoms with Crippen LogP contribution in [0.4, 0.5) is 0 Å². The molecule has 6 nitrogen and oxygen atoms in total. The fourth-order valence-electron chi connectivity index (χ4n) is 1.78. The van der Waals surface area contributed by atoms with Gasteiger partial charge in [-0.25, -0.2) is 0 Å². The smallest absolute Gasteiger partial charge is 0.233 e. The van der Waals surface area contributed by atoms with Crippen LogP contribution < -0.4 is 10.6 Å². The van der Waals surface area contributed by atoms with Crippen molar-refractivity contribution in [3.63, 3.8) is 0 Å². The van der Waals surface area contributed by atoms with E-state index in [1.165, 1.54) is 0 Å². The minimum atomic E-state index is -0.0550. The van der Waals surface area contributed by atoms with E-state index in [9.17, 15) is 4.79 Å². The van der Waals surface area contributed by atoms with Gasteiger partial charge in [-0.05, 0) is 32.9 Å². The maximum Gasteiger partial charge on any atom is 0.233 e. The normalized spacial score (nSPS) is 11.8. The van der Waals surface area contributed by atoms with E-state index in [1.54, 1.807) is 0 Å². The SMILES string of the molecule is CC(C)(C)NCC(=O)NCCc1nnc2ccccn12. The van der Waals surface area contributed by atoms with Crippen LogP contribution in [-0.4, -0.2) is 39.1 Å². The zero-order chi connectivity index (χ0) is 14.6. The molecular weight excluding hydrogens is 254 g/mol. The molecule has 0 aliphatic heterocycles. The zero-order valence-corrected chi connectivity index (χ0v) is 12.2. The number of nitrogens with zero attached hydrogens (tertiary/aromatic N) is 3. The van der Waals surface area contributed by atoms with Crippen molar-refractivity contribution in [3.8, 4) is 0 Å². The van der Waals surface area contributed by atoms with E-state index in [0.29, 0.717) is 19.5 Å². The molecule has 108 valence electrons. The van der Waals surface area contributed by atoms with Gasteiger partial charge in [0.2, 0.25) is 5.91 Å². The van der Waals surface area contributed by atoms with Crippen LogP contribution in [0.15, 0.2) is 24.4 Å². The summed E-state index contributed by atoms with van der Waals surface area (Å²) in [5, 5.41) is 14.2. The summed E-state index contributed by atoms with van der Waals surface area (Å²) in [5.41, 5.74) is 0.767. The Bertz CT molecular complexity index is 585. The number of pyridine rings is 1. The summed E-state index contributed by atoms with van der Waals surface area (Å²) in [6.07, 6.45) is 2.58. The number of carbonyl (C=O) groups is 1. The molecule has 0 atom stereocenters. The molecule has 0 unspecified atom stereocenters. The van der Waals surface area contributed by atoms with Gasteiger partial charge < -0.3 is 10.6 Å². The highest BCUT2D eigenvalue weighted by molar-refractivity contribution is 5.78. The molecule has 1 amide bonds. The predicted octanol–water partition coefficient (Wildman–Crippen LogP) is 0.776. The Kier molecular flexibility index (Phi) is 4.34. The second kappa shape index (κ2) is 6.00. The number of amides is 1. The maximum absolute atomic E-state index is 11.7. The largest absolute Gasteiger partial charge is 0.355 e. The molecule has 6 heteroatoms. The molecule has 0 saturated heterocycles. The Balaban J connectivity index is 1.80. The van der Waals surface area contributed by atoms with Gasteiger partial charge in [0.1, 0.15) is 5.82 Å². The lowest BCUT2D eigenvalue weighted by Gasteiger charge is -2.19. The number of nitrogens with one attached hydrogen (secondary N) is 2. The summed E-state index contributed by atoms with van der Waals surface area (Å²) < 4.78 is 1.93. The third-order valence-corrected chi connectivity index (χ3v) is 2.83. The molecule has 0 aliphatic rings. The Morgan fingerprint density at radius 2 is 2.10 bits per heavy atom. The van der Waals surface area contributed by atoms with E-state index in [4.69, 9.17) is 0 Å². The van der Waals surface area contributed by atoms with Crippen LogP contribution in [-0.2, 0) is 11.2 Å². The van der Waals surface area contributed by atoms with Gasteiger partial charge in [-0.2, -0.15) is 0 Å². The fraction of sp³-hybridized carbons (Fsp3) is 0.500. The number of fused-ring (bicyclic) bond motifs is 1. The lowest BCUT2D eigenvalue weighted by Crippen LogP contribution is -2.43. The fourth-order valence-corrected chi connectivity index (χ4v) is 1.78. The van der Waals surface area contributed by atoms with Crippen molar-refractivity contribution in [3.05, 3.63) is 30.2 Å². The quantitative estimate of drug-likeness (QED) is 0.846. The lowest BCUT2D eigenvalue weighted by atomic mass is 10.1. The van der Waals surface area contributed by atoms with Crippen LogP contribution in [0.5, 0.6) is 0 Å². The summed E-state index contributed by atoms with van der Waals surface area (Å²) in [7, 11) is 0. The zero-order valence-electron chi connectivity index (χ0n) is 12.2. The van der Waals surface area contributed by atoms with Crippen LogP contribution in [0.25, 0.3) is 5.65 Å². The lowest BCUT2D eigenvalue weighted by molar-refractivity contribution is -0.120. The molecule has 0 radical (unpaired) electrons. The summed E-state index contributed by atoms with van der Waals surface area (Å²) in [4.78, 5) is 11.7. The van der Waals surface area contributed by atoms with Crippen molar-refractivity contribution in [2.24, 2.45) is 0 Å². The van der Waals surface area contributed by atoms with Crippen LogP contribution >= 0.6 is 0 Å². The average molecular weight is 275 g/mol. The van der Waals surface area contributed by atoms with Gasteiger partial charge in [-0.15, -0.1) is 10.2 Å². The predicted molar refractivity (Wildman–Crippen MR) is 77.5 cm³/mol. The molecule has 2 aromatic rings. The minimum Gasteiger partial charge on any atom is -0.355 e. The second-order valence-corrected chi connectivity index (χ2v) is 5.75. The van der Waals surface area contributed by atoms with Gasteiger partial charge in [0, 0.05) is 24.7 Å². The molecule has 2 rings (SSSR count). The number of aromatic nitrogens is 3. The van der Waals surface area contributed by atoms with Crippen LogP contribution in [0, 0.1) is 0 Å². The van der Waals surface area contributed by atoms with Crippen LogP contribution in [0.1, 0.15) is 26.6 Å².